The van der Waals surface area contributed by atoms with Crippen LogP contribution in [0, 0.1) is 6.92 Å². The molecule has 6 heteroatoms. The van der Waals surface area contributed by atoms with E-state index in [0.29, 0.717) is 5.75 Å². The van der Waals surface area contributed by atoms with Crippen LogP contribution >= 0.6 is 0 Å². The second-order valence-electron chi connectivity index (χ2n) is 4.92. The van der Waals surface area contributed by atoms with Crippen molar-refractivity contribution in [3.8, 4) is 5.75 Å². The van der Waals surface area contributed by atoms with Gasteiger partial charge in [-0.3, -0.25) is 10.1 Å². The molecule has 0 radical (unpaired) electrons. The van der Waals surface area contributed by atoms with Crippen molar-refractivity contribution in [1.29, 1.82) is 0 Å². The van der Waals surface area contributed by atoms with Crippen LogP contribution in [-0.4, -0.2) is 25.1 Å². The summed E-state index contributed by atoms with van der Waals surface area (Å²) in [5.41, 5.74) is 6.89. The normalized spacial score (nSPS) is 11.8. The Morgan fingerprint density at radius 2 is 2.10 bits per heavy atom. The van der Waals surface area contributed by atoms with Gasteiger partial charge in [0.2, 0.25) is 0 Å². The summed E-state index contributed by atoms with van der Waals surface area (Å²) in [6, 6.07) is 5.07. The van der Waals surface area contributed by atoms with E-state index in [-0.39, 0.29) is 12.6 Å². The third-order valence-electron chi connectivity index (χ3n) is 2.96. The molecule has 0 heterocycles. The molecule has 0 saturated heterocycles. The molecule has 0 aromatic heterocycles. The monoisotopic (exact) mass is 293 g/mol. The van der Waals surface area contributed by atoms with Crippen molar-refractivity contribution in [3.63, 3.8) is 0 Å². The number of imide groups is 1. The summed E-state index contributed by atoms with van der Waals surface area (Å²) in [5.74, 6) is 0.0647. The Bertz CT molecular complexity index is 503. The zero-order chi connectivity index (χ0) is 15.8. The number of aryl methyl sites for hydroxylation is 1. The summed E-state index contributed by atoms with van der Waals surface area (Å²) in [7, 11) is 0. The van der Waals surface area contributed by atoms with Gasteiger partial charge in [0.05, 0.1) is 0 Å². The van der Waals surface area contributed by atoms with Gasteiger partial charge in [-0.1, -0.05) is 19.1 Å². The molecule has 0 spiro atoms. The summed E-state index contributed by atoms with van der Waals surface area (Å²) >= 11 is 0. The van der Waals surface area contributed by atoms with Gasteiger partial charge in [-0.15, -0.1) is 0 Å². The van der Waals surface area contributed by atoms with Gasteiger partial charge < -0.3 is 15.8 Å². The van der Waals surface area contributed by atoms with E-state index in [2.05, 4.69) is 12.2 Å². The zero-order valence-electron chi connectivity index (χ0n) is 12.7. The van der Waals surface area contributed by atoms with E-state index in [1.807, 2.05) is 37.4 Å². The summed E-state index contributed by atoms with van der Waals surface area (Å²) in [6.45, 7) is 6.73. The number of primary amides is 1. The first kappa shape index (κ1) is 17.0. The van der Waals surface area contributed by atoms with E-state index >= 15 is 0 Å². The largest absolute Gasteiger partial charge is 0.483 e. The fourth-order valence-electron chi connectivity index (χ4n) is 1.91. The molecule has 0 aliphatic rings. The van der Waals surface area contributed by atoms with Crippen molar-refractivity contribution in [2.75, 3.05) is 13.2 Å². The highest BCUT2D eigenvalue weighted by Gasteiger charge is 2.13. The summed E-state index contributed by atoms with van der Waals surface area (Å²) < 4.78 is 5.52. The third-order valence-corrected chi connectivity index (χ3v) is 2.96. The van der Waals surface area contributed by atoms with E-state index in [1.165, 1.54) is 0 Å². The van der Waals surface area contributed by atoms with Crippen LogP contribution in [0.5, 0.6) is 5.75 Å². The number of carbonyl (C=O) groups excluding carboxylic acids is 2. The Hall–Kier alpha value is -2.08. The average Bonchev–Trinajstić information content (AvgIpc) is 2.42. The first-order valence-electron chi connectivity index (χ1n) is 7.00. The Kier molecular flexibility index (Phi) is 6.68. The smallest absolute Gasteiger partial charge is 0.318 e. The lowest BCUT2D eigenvalue weighted by molar-refractivity contribution is -0.121. The minimum atomic E-state index is -0.883. The first-order chi connectivity index (χ1) is 9.93. The van der Waals surface area contributed by atoms with Crippen molar-refractivity contribution in [2.45, 2.75) is 33.2 Å². The number of rotatable bonds is 7. The molecule has 1 rings (SSSR count). The van der Waals surface area contributed by atoms with Gasteiger partial charge in [0, 0.05) is 11.6 Å². The van der Waals surface area contributed by atoms with Crippen LogP contribution in [0.3, 0.4) is 0 Å². The molecule has 1 aromatic rings. The molecule has 21 heavy (non-hydrogen) atoms. The van der Waals surface area contributed by atoms with E-state index in [4.69, 9.17) is 10.5 Å². The molecule has 116 valence electrons. The Morgan fingerprint density at radius 1 is 1.38 bits per heavy atom. The number of hydrogen-bond donors (Lipinski definition) is 3. The van der Waals surface area contributed by atoms with E-state index in [9.17, 15) is 9.59 Å². The second-order valence-corrected chi connectivity index (χ2v) is 4.92. The fraction of sp³-hybridized carbons (Fsp3) is 0.467. The quantitative estimate of drug-likeness (QED) is 0.712. The molecular weight excluding hydrogens is 270 g/mol. The van der Waals surface area contributed by atoms with Crippen LogP contribution in [0.25, 0.3) is 0 Å². The topological polar surface area (TPSA) is 93.4 Å². The number of nitrogens with one attached hydrogen (secondary N) is 2. The number of nitrogens with two attached hydrogens (primary N) is 1. The Morgan fingerprint density at radius 3 is 2.71 bits per heavy atom. The lowest BCUT2D eigenvalue weighted by Gasteiger charge is -2.18. The van der Waals surface area contributed by atoms with Gasteiger partial charge in [-0.25, -0.2) is 4.79 Å². The van der Waals surface area contributed by atoms with Crippen molar-refractivity contribution in [2.24, 2.45) is 5.73 Å². The molecule has 0 aliphatic carbocycles. The predicted octanol–water partition coefficient (Wildman–Crippen LogP) is 1.63. The molecule has 0 bridgehead atoms. The van der Waals surface area contributed by atoms with Gasteiger partial charge in [-0.05, 0) is 38.4 Å². The molecule has 0 fully saturated rings. The van der Waals surface area contributed by atoms with Crippen LogP contribution in [-0.2, 0) is 4.79 Å². The van der Waals surface area contributed by atoms with Crippen molar-refractivity contribution >= 4 is 11.9 Å². The zero-order valence-corrected chi connectivity index (χ0v) is 12.7. The van der Waals surface area contributed by atoms with Gasteiger partial charge in [-0.2, -0.15) is 0 Å². The number of hydrogen-bond acceptors (Lipinski definition) is 4. The van der Waals surface area contributed by atoms with Crippen LogP contribution < -0.4 is 21.1 Å². The maximum absolute atomic E-state index is 11.4. The minimum absolute atomic E-state index is 0.111. The fourth-order valence-corrected chi connectivity index (χ4v) is 1.91. The van der Waals surface area contributed by atoms with Gasteiger partial charge in [0.15, 0.2) is 6.61 Å². The minimum Gasteiger partial charge on any atom is -0.483 e. The van der Waals surface area contributed by atoms with Gasteiger partial charge in [0.1, 0.15) is 5.75 Å². The van der Waals surface area contributed by atoms with Crippen LogP contribution in [0.4, 0.5) is 4.79 Å². The average molecular weight is 293 g/mol. The van der Waals surface area contributed by atoms with Crippen molar-refractivity contribution in [1.82, 2.24) is 10.6 Å². The molecule has 1 atom stereocenters. The standard InChI is InChI=1S/C15H23N3O3/c1-4-7-17-11(3)12-6-5-10(2)8-13(12)21-9-14(19)18-15(16)20/h5-6,8,11,17H,4,7,9H2,1-3H3,(H3,16,18,19,20). The molecule has 4 N–H and O–H groups in total. The first-order valence-corrected chi connectivity index (χ1v) is 7.00. The van der Waals surface area contributed by atoms with Crippen molar-refractivity contribution in [3.05, 3.63) is 29.3 Å². The van der Waals surface area contributed by atoms with Crippen molar-refractivity contribution < 1.29 is 14.3 Å². The number of benzene rings is 1. The predicted molar refractivity (Wildman–Crippen MR) is 81.1 cm³/mol. The highest BCUT2D eigenvalue weighted by Crippen LogP contribution is 2.26. The maximum atomic E-state index is 11.4. The van der Waals surface area contributed by atoms with E-state index in [1.54, 1.807) is 0 Å². The van der Waals surface area contributed by atoms with Crippen LogP contribution in [0.15, 0.2) is 18.2 Å². The number of ether oxygens (including phenoxy) is 1. The van der Waals surface area contributed by atoms with E-state index < -0.39 is 11.9 Å². The van der Waals surface area contributed by atoms with Gasteiger partial charge in [0.25, 0.3) is 5.91 Å². The molecule has 1 unspecified atom stereocenters. The SMILES string of the molecule is CCCNC(C)c1ccc(C)cc1OCC(=O)NC(N)=O. The van der Waals surface area contributed by atoms with Crippen LogP contribution in [0.1, 0.15) is 37.4 Å². The third kappa shape index (κ3) is 5.83. The lowest BCUT2D eigenvalue weighted by Crippen LogP contribution is -2.38. The lowest BCUT2D eigenvalue weighted by atomic mass is 10.0. The summed E-state index contributed by atoms with van der Waals surface area (Å²) in [4.78, 5) is 22.0. The highest BCUT2D eigenvalue weighted by molar-refractivity contribution is 5.94. The maximum Gasteiger partial charge on any atom is 0.318 e. The molecule has 1 aromatic carbocycles. The number of carbonyl (C=O) groups is 2. The highest BCUT2D eigenvalue weighted by atomic mass is 16.5. The van der Waals surface area contributed by atoms with Crippen LogP contribution in [0.2, 0.25) is 0 Å². The summed E-state index contributed by atoms with van der Waals surface area (Å²) in [5, 5.41) is 5.34. The van der Waals surface area contributed by atoms with Gasteiger partial charge >= 0.3 is 6.03 Å². The number of amides is 3. The Labute approximate surface area is 125 Å². The van der Waals surface area contributed by atoms with E-state index in [0.717, 1.165) is 24.1 Å². The molecule has 0 saturated carbocycles. The molecule has 3 amide bonds. The Balaban J connectivity index is 2.77. The molecule has 0 aliphatic heterocycles. The molecular formula is C15H23N3O3. The second kappa shape index (κ2) is 8.26. The summed E-state index contributed by atoms with van der Waals surface area (Å²) in [6.07, 6.45) is 1.04. The number of urea groups is 1. The molecule has 6 nitrogen and oxygen atoms in total.